The number of pyridine rings is 1. The highest BCUT2D eigenvalue weighted by Crippen LogP contribution is 2.62. The minimum absolute atomic E-state index is 0.0272. The number of hydrogen-bond donors (Lipinski definition) is 3. The highest BCUT2D eigenvalue weighted by atomic mass is 35.5. The van der Waals surface area contributed by atoms with Crippen molar-refractivity contribution in [3.05, 3.63) is 45.2 Å². The first-order valence-corrected chi connectivity index (χ1v) is 8.21. The number of nitrogens with zero attached hydrogens (tertiary/aromatic N) is 1. The number of aliphatic hydroxyl groups is 2. The van der Waals surface area contributed by atoms with Crippen LogP contribution in [0.2, 0.25) is 5.02 Å². The van der Waals surface area contributed by atoms with Crippen molar-refractivity contribution in [1.82, 2.24) is 9.88 Å². The molecule has 1 aliphatic heterocycles. The van der Waals surface area contributed by atoms with Crippen LogP contribution in [0, 0.1) is 17.3 Å². The second kappa shape index (κ2) is 5.31. The maximum absolute atomic E-state index is 12.2. The molecule has 0 bridgehead atoms. The van der Waals surface area contributed by atoms with Crippen molar-refractivity contribution < 1.29 is 10.2 Å². The Hall–Kier alpha value is -1.40. The molecule has 2 fully saturated rings. The van der Waals surface area contributed by atoms with Crippen LogP contribution in [0.4, 0.5) is 0 Å². The molecule has 23 heavy (non-hydrogen) atoms. The van der Waals surface area contributed by atoms with Crippen molar-refractivity contribution in [2.45, 2.75) is 6.54 Å². The Morgan fingerprint density at radius 1 is 1.22 bits per heavy atom. The molecule has 2 aliphatic rings. The van der Waals surface area contributed by atoms with E-state index < -0.39 is 0 Å². The fourth-order valence-electron chi connectivity index (χ4n) is 4.17. The Labute approximate surface area is 138 Å². The average Bonchev–Trinajstić information content (AvgIpc) is 2.90. The summed E-state index contributed by atoms with van der Waals surface area (Å²) in [5, 5.41) is 20.1. The summed E-state index contributed by atoms with van der Waals surface area (Å²) < 4.78 is 0. The van der Waals surface area contributed by atoms with Gasteiger partial charge in [-0.2, -0.15) is 0 Å². The van der Waals surface area contributed by atoms with Crippen LogP contribution in [-0.2, 0) is 6.54 Å². The molecule has 2 unspecified atom stereocenters. The van der Waals surface area contributed by atoms with Gasteiger partial charge in [-0.1, -0.05) is 11.6 Å². The molecule has 0 radical (unpaired) electrons. The van der Waals surface area contributed by atoms with Gasteiger partial charge in [-0.15, -0.1) is 0 Å². The summed E-state index contributed by atoms with van der Waals surface area (Å²) in [4.78, 5) is 17.8. The molecule has 5 nitrogen and oxygen atoms in total. The van der Waals surface area contributed by atoms with Crippen molar-refractivity contribution in [1.29, 1.82) is 0 Å². The Bertz CT molecular complexity index is 801. The van der Waals surface area contributed by atoms with E-state index in [1.807, 2.05) is 6.07 Å². The van der Waals surface area contributed by atoms with Gasteiger partial charge in [-0.3, -0.25) is 9.69 Å². The number of aromatic amines is 1. The molecule has 6 heteroatoms. The smallest absolute Gasteiger partial charge is 0.189 e. The Balaban J connectivity index is 1.52. The zero-order chi connectivity index (χ0) is 16.2. The van der Waals surface area contributed by atoms with Crippen LogP contribution in [0.1, 0.15) is 5.69 Å². The molecule has 2 aromatic rings. The SMILES string of the molecule is O=c1cc(CN2CC3C(C2)C3(CO)CO)[nH]c2ccc(Cl)cc12. The van der Waals surface area contributed by atoms with E-state index in [4.69, 9.17) is 11.6 Å². The van der Waals surface area contributed by atoms with Crippen LogP contribution in [0.25, 0.3) is 10.9 Å². The molecule has 1 aromatic carbocycles. The van der Waals surface area contributed by atoms with E-state index in [2.05, 4.69) is 9.88 Å². The third kappa shape index (κ3) is 2.31. The number of aliphatic hydroxyl groups excluding tert-OH is 2. The van der Waals surface area contributed by atoms with Gasteiger partial charge in [0.1, 0.15) is 0 Å². The first kappa shape index (κ1) is 15.1. The van der Waals surface area contributed by atoms with Gasteiger partial charge in [-0.05, 0) is 30.0 Å². The summed E-state index contributed by atoms with van der Waals surface area (Å²) in [5.74, 6) is 0.729. The first-order valence-electron chi connectivity index (χ1n) is 7.83. The molecular weight excluding hydrogens is 316 g/mol. The zero-order valence-electron chi connectivity index (χ0n) is 12.6. The molecule has 1 saturated carbocycles. The van der Waals surface area contributed by atoms with Crippen molar-refractivity contribution in [2.24, 2.45) is 17.3 Å². The maximum atomic E-state index is 12.2. The van der Waals surface area contributed by atoms with Crippen molar-refractivity contribution in [3.8, 4) is 0 Å². The monoisotopic (exact) mass is 334 g/mol. The molecular formula is C17H19ClN2O3. The lowest BCUT2D eigenvalue weighted by atomic mass is 10.0. The van der Waals surface area contributed by atoms with Gasteiger partial charge in [0.15, 0.2) is 5.43 Å². The summed E-state index contributed by atoms with van der Waals surface area (Å²) >= 11 is 5.94. The molecule has 1 aliphatic carbocycles. The highest BCUT2D eigenvalue weighted by molar-refractivity contribution is 6.31. The van der Waals surface area contributed by atoms with Crippen molar-refractivity contribution in [2.75, 3.05) is 26.3 Å². The van der Waals surface area contributed by atoms with Crippen LogP contribution in [0.15, 0.2) is 29.1 Å². The largest absolute Gasteiger partial charge is 0.396 e. The van der Waals surface area contributed by atoms with E-state index in [1.165, 1.54) is 0 Å². The summed E-state index contributed by atoms with van der Waals surface area (Å²) in [5.41, 5.74) is 1.37. The van der Waals surface area contributed by atoms with E-state index in [0.29, 0.717) is 28.8 Å². The number of likely N-dealkylation sites (tertiary alicyclic amines) is 1. The third-order valence-electron chi connectivity index (χ3n) is 5.59. The summed E-state index contributed by atoms with van der Waals surface area (Å²) in [7, 11) is 0. The number of hydrogen-bond acceptors (Lipinski definition) is 4. The normalized spacial score (nSPS) is 25.7. The van der Waals surface area contributed by atoms with Gasteiger partial charge in [-0.25, -0.2) is 0 Å². The highest BCUT2D eigenvalue weighted by Gasteiger charge is 2.67. The van der Waals surface area contributed by atoms with E-state index in [1.54, 1.807) is 18.2 Å². The number of fused-ring (bicyclic) bond motifs is 2. The number of piperidine rings is 1. The lowest BCUT2D eigenvalue weighted by Gasteiger charge is -2.24. The van der Waals surface area contributed by atoms with E-state index >= 15 is 0 Å². The molecule has 0 spiro atoms. The van der Waals surface area contributed by atoms with Gasteiger partial charge in [0.05, 0.1) is 13.2 Å². The molecule has 3 N–H and O–H groups in total. The molecule has 1 saturated heterocycles. The van der Waals surface area contributed by atoms with E-state index in [0.717, 1.165) is 24.3 Å². The molecule has 2 heterocycles. The maximum Gasteiger partial charge on any atom is 0.189 e. The standard InChI is InChI=1S/C17H19ClN2O3/c18-10-1-2-15-12(3-10)16(23)4-11(19-15)5-20-6-13-14(7-20)17(13,8-21)9-22/h1-4,13-14,21-22H,5-9H2,(H,19,23). The predicted octanol–water partition coefficient (Wildman–Crippen LogP) is 1.21. The lowest BCUT2D eigenvalue weighted by Crippen LogP contribution is -2.32. The van der Waals surface area contributed by atoms with Gasteiger partial charge >= 0.3 is 0 Å². The molecule has 1 aromatic heterocycles. The van der Waals surface area contributed by atoms with Crippen LogP contribution in [0.5, 0.6) is 0 Å². The minimum Gasteiger partial charge on any atom is -0.396 e. The number of benzene rings is 1. The van der Waals surface area contributed by atoms with Gasteiger partial charge in [0.2, 0.25) is 0 Å². The summed E-state index contributed by atoms with van der Waals surface area (Å²) in [6, 6.07) is 6.91. The average molecular weight is 335 g/mol. The number of rotatable bonds is 4. The number of nitrogens with one attached hydrogen (secondary N) is 1. The van der Waals surface area contributed by atoms with Gasteiger partial charge in [0.25, 0.3) is 0 Å². The second-order valence-electron chi connectivity index (χ2n) is 6.81. The number of aromatic nitrogens is 1. The molecule has 0 amide bonds. The van der Waals surface area contributed by atoms with Crippen molar-refractivity contribution >= 4 is 22.5 Å². The van der Waals surface area contributed by atoms with Crippen LogP contribution >= 0.6 is 11.6 Å². The van der Waals surface area contributed by atoms with Crippen LogP contribution < -0.4 is 5.43 Å². The molecule has 122 valence electrons. The molecule has 4 rings (SSSR count). The van der Waals surface area contributed by atoms with Crippen molar-refractivity contribution in [3.63, 3.8) is 0 Å². The fourth-order valence-corrected chi connectivity index (χ4v) is 4.34. The van der Waals surface area contributed by atoms with Crippen LogP contribution in [0.3, 0.4) is 0 Å². The number of H-pyrrole nitrogens is 1. The van der Waals surface area contributed by atoms with E-state index in [9.17, 15) is 15.0 Å². The second-order valence-corrected chi connectivity index (χ2v) is 7.24. The number of halogens is 1. The lowest BCUT2D eigenvalue weighted by molar-refractivity contribution is 0.0866. The minimum atomic E-state index is -0.274. The van der Waals surface area contributed by atoms with Gasteiger partial charge < -0.3 is 15.2 Å². The van der Waals surface area contributed by atoms with E-state index in [-0.39, 0.29) is 24.1 Å². The topological polar surface area (TPSA) is 76.6 Å². The Morgan fingerprint density at radius 3 is 2.57 bits per heavy atom. The molecule has 2 atom stereocenters. The van der Waals surface area contributed by atoms with Crippen LogP contribution in [-0.4, -0.2) is 46.4 Å². The summed E-state index contributed by atoms with van der Waals surface area (Å²) in [6.07, 6.45) is 0. The Morgan fingerprint density at radius 2 is 1.91 bits per heavy atom. The fraction of sp³-hybridized carbons (Fsp3) is 0.471. The quantitative estimate of drug-likeness (QED) is 0.785. The zero-order valence-corrected chi connectivity index (χ0v) is 13.4. The summed E-state index contributed by atoms with van der Waals surface area (Å²) in [6.45, 7) is 2.49. The Kier molecular flexibility index (Phi) is 3.50. The predicted molar refractivity (Wildman–Crippen MR) is 88.4 cm³/mol. The third-order valence-corrected chi connectivity index (χ3v) is 5.83. The first-order chi connectivity index (χ1) is 11.1. The van der Waals surface area contributed by atoms with Gasteiger partial charge in [0, 0.05) is 52.7 Å².